The Hall–Kier alpha value is -3.33. The Morgan fingerprint density at radius 3 is 2.93 bits per heavy atom. The van der Waals surface area contributed by atoms with E-state index < -0.39 is 0 Å². The van der Waals surface area contributed by atoms with E-state index in [1.54, 1.807) is 16.9 Å². The van der Waals surface area contributed by atoms with Gasteiger partial charge in [0.05, 0.1) is 11.9 Å². The van der Waals surface area contributed by atoms with Gasteiger partial charge in [0.1, 0.15) is 0 Å². The van der Waals surface area contributed by atoms with Gasteiger partial charge in [-0.25, -0.2) is 5.10 Å². The van der Waals surface area contributed by atoms with Gasteiger partial charge in [0.15, 0.2) is 5.69 Å². The Balaban J connectivity index is 1.42. The topological polar surface area (TPSA) is 118 Å². The van der Waals surface area contributed by atoms with E-state index in [4.69, 9.17) is 0 Å². The molecule has 0 bridgehead atoms. The van der Waals surface area contributed by atoms with Gasteiger partial charge in [-0.3, -0.25) is 14.3 Å². The van der Waals surface area contributed by atoms with Gasteiger partial charge in [0.2, 0.25) is 0 Å². The first-order valence-electron chi connectivity index (χ1n) is 10.2. The molecule has 3 heterocycles. The lowest BCUT2D eigenvalue weighted by Crippen LogP contribution is -2.34. The number of benzene rings is 1. The molecule has 0 saturated carbocycles. The third-order valence-corrected chi connectivity index (χ3v) is 5.35. The Kier molecular flexibility index (Phi) is 5.99. The fraction of sp³-hybridized carbons (Fsp3) is 0.381. The summed E-state index contributed by atoms with van der Waals surface area (Å²) in [5, 5.41) is 21.0. The average molecular weight is 407 g/mol. The maximum atomic E-state index is 12.7. The lowest BCUT2D eigenvalue weighted by Gasteiger charge is -2.23. The molecule has 1 fully saturated rings. The van der Waals surface area contributed by atoms with Gasteiger partial charge in [-0.1, -0.05) is 23.8 Å². The second-order valence-corrected chi connectivity index (χ2v) is 7.59. The number of piperidine rings is 1. The van der Waals surface area contributed by atoms with E-state index in [9.17, 15) is 9.59 Å². The summed E-state index contributed by atoms with van der Waals surface area (Å²) in [5.74, 6) is -0.313. The lowest BCUT2D eigenvalue weighted by atomic mass is 10.0. The smallest absolute Gasteiger partial charge is 0.277 e. The summed E-state index contributed by atoms with van der Waals surface area (Å²) in [5.41, 5.74) is 2.99. The summed E-state index contributed by atoms with van der Waals surface area (Å²) in [6.45, 7) is 3.71. The standard InChI is InChI=1S/C21H25N7O2/c1-14-5-6-15(17-7-8-20(29)26-24-17)12-18(14)23-21(30)19-13-28(27-25-19)11-9-16-4-2-3-10-22-16/h5-8,12-13,16,22H,2-4,9-11H2,1H3,(H,23,30)(H,26,29). The first kappa shape index (κ1) is 20.0. The number of rotatable bonds is 6. The predicted octanol–water partition coefficient (Wildman–Crippen LogP) is 2.12. The Bertz CT molecular complexity index is 1060. The zero-order valence-corrected chi connectivity index (χ0v) is 16.9. The molecule has 156 valence electrons. The highest BCUT2D eigenvalue weighted by molar-refractivity contribution is 6.03. The molecule has 1 amide bonds. The van der Waals surface area contributed by atoms with Crippen LogP contribution in [0, 0.1) is 6.92 Å². The monoisotopic (exact) mass is 407 g/mol. The number of H-pyrrole nitrogens is 1. The molecule has 1 aliphatic heterocycles. The number of amides is 1. The van der Waals surface area contributed by atoms with Crippen molar-refractivity contribution in [3.63, 3.8) is 0 Å². The number of aromatic nitrogens is 5. The molecule has 2 aromatic heterocycles. The van der Waals surface area contributed by atoms with Gasteiger partial charge in [0.25, 0.3) is 11.5 Å². The van der Waals surface area contributed by atoms with Crippen LogP contribution >= 0.6 is 0 Å². The summed E-state index contributed by atoms with van der Waals surface area (Å²) >= 11 is 0. The largest absolute Gasteiger partial charge is 0.320 e. The van der Waals surface area contributed by atoms with Crippen molar-refractivity contribution >= 4 is 11.6 Å². The zero-order valence-electron chi connectivity index (χ0n) is 16.9. The second-order valence-electron chi connectivity index (χ2n) is 7.59. The van der Waals surface area contributed by atoms with Crippen LogP contribution in [0.2, 0.25) is 0 Å². The summed E-state index contributed by atoms with van der Waals surface area (Å²) in [7, 11) is 0. The minimum absolute atomic E-state index is 0.262. The molecule has 1 aliphatic rings. The molecule has 30 heavy (non-hydrogen) atoms. The molecule has 1 aromatic carbocycles. The van der Waals surface area contributed by atoms with Crippen LogP contribution in [0.1, 0.15) is 41.7 Å². The van der Waals surface area contributed by atoms with E-state index >= 15 is 0 Å². The summed E-state index contributed by atoms with van der Waals surface area (Å²) < 4.78 is 1.72. The van der Waals surface area contributed by atoms with Crippen LogP contribution in [0.3, 0.4) is 0 Å². The molecule has 0 radical (unpaired) electrons. The third-order valence-electron chi connectivity index (χ3n) is 5.35. The third kappa shape index (κ3) is 4.80. The number of anilines is 1. The summed E-state index contributed by atoms with van der Waals surface area (Å²) in [4.78, 5) is 23.9. The van der Waals surface area contributed by atoms with E-state index in [0.717, 1.165) is 30.6 Å². The predicted molar refractivity (Wildman–Crippen MR) is 113 cm³/mol. The van der Waals surface area contributed by atoms with Crippen molar-refractivity contribution < 1.29 is 4.79 Å². The highest BCUT2D eigenvalue weighted by Gasteiger charge is 2.15. The highest BCUT2D eigenvalue weighted by Crippen LogP contribution is 2.23. The Morgan fingerprint density at radius 1 is 1.27 bits per heavy atom. The molecule has 3 N–H and O–H groups in total. The van der Waals surface area contributed by atoms with Crippen molar-refractivity contribution in [1.82, 2.24) is 30.5 Å². The van der Waals surface area contributed by atoms with Crippen molar-refractivity contribution in [2.45, 2.75) is 45.2 Å². The quantitative estimate of drug-likeness (QED) is 0.576. The van der Waals surface area contributed by atoms with Crippen molar-refractivity contribution in [3.05, 3.63) is 58.1 Å². The fourth-order valence-corrected chi connectivity index (χ4v) is 3.58. The maximum Gasteiger partial charge on any atom is 0.277 e. The number of aryl methyl sites for hydroxylation is 2. The number of aromatic amines is 1. The molecular formula is C21H25N7O2. The SMILES string of the molecule is Cc1ccc(-c2ccc(=O)[nH]n2)cc1NC(=O)c1cn(CCC2CCCCN2)nn1. The van der Waals surface area contributed by atoms with Crippen LogP contribution in [0.25, 0.3) is 11.3 Å². The Labute approximate surface area is 173 Å². The number of carbonyl (C=O) groups excluding carboxylic acids is 1. The summed E-state index contributed by atoms with van der Waals surface area (Å²) in [6, 6.07) is 9.18. The molecule has 1 unspecified atom stereocenters. The highest BCUT2D eigenvalue weighted by atomic mass is 16.2. The number of nitrogens with one attached hydrogen (secondary N) is 3. The van der Waals surface area contributed by atoms with E-state index in [0.29, 0.717) is 17.4 Å². The van der Waals surface area contributed by atoms with Crippen LogP contribution in [0.15, 0.2) is 41.3 Å². The zero-order chi connectivity index (χ0) is 20.9. The van der Waals surface area contributed by atoms with Crippen LogP contribution in [-0.2, 0) is 6.54 Å². The minimum atomic E-state index is -0.313. The second kappa shape index (κ2) is 9.00. The first-order chi connectivity index (χ1) is 14.6. The number of carbonyl (C=O) groups is 1. The summed E-state index contributed by atoms with van der Waals surface area (Å²) in [6.07, 6.45) is 6.33. The van der Waals surface area contributed by atoms with E-state index in [2.05, 4.69) is 31.1 Å². The average Bonchev–Trinajstić information content (AvgIpc) is 3.24. The van der Waals surface area contributed by atoms with Crippen molar-refractivity contribution in [3.8, 4) is 11.3 Å². The van der Waals surface area contributed by atoms with E-state index in [-0.39, 0.29) is 17.2 Å². The lowest BCUT2D eigenvalue weighted by molar-refractivity contribution is 0.102. The Morgan fingerprint density at radius 2 is 2.17 bits per heavy atom. The van der Waals surface area contributed by atoms with Crippen LogP contribution in [0.4, 0.5) is 5.69 Å². The molecule has 3 aromatic rings. The van der Waals surface area contributed by atoms with Crippen LogP contribution in [0.5, 0.6) is 0 Å². The molecule has 1 atom stereocenters. The number of hydrogen-bond donors (Lipinski definition) is 3. The van der Waals surface area contributed by atoms with Gasteiger partial charge in [-0.15, -0.1) is 5.10 Å². The van der Waals surface area contributed by atoms with Gasteiger partial charge in [-0.05, 0) is 50.4 Å². The first-order valence-corrected chi connectivity index (χ1v) is 10.2. The van der Waals surface area contributed by atoms with E-state index in [1.807, 2.05) is 25.1 Å². The number of hydrogen-bond acceptors (Lipinski definition) is 6. The molecule has 4 rings (SSSR count). The van der Waals surface area contributed by atoms with Crippen molar-refractivity contribution in [2.24, 2.45) is 0 Å². The molecule has 9 nitrogen and oxygen atoms in total. The molecule has 9 heteroatoms. The van der Waals surface area contributed by atoms with Gasteiger partial charge < -0.3 is 10.6 Å². The normalized spacial score (nSPS) is 16.4. The maximum absolute atomic E-state index is 12.7. The van der Waals surface area contributed by atoms with Crippen molar-refractivity contribution in [2.75, 3.05) is 11.9 Å². The fourth-order valence-electron chi connectivity index (χ4n) is 3.58. The van der Waals surface area contributed by atoms with Gasteiger partial charge in [0, 0.05) is 29.9 Å². The molecule has 1 saturated heterocycles. The van der Waals surface area contributed by atoms with Crippen LogP contribution in [-0.4, -0.2) is 43.7 Å². The van der Waals surface area contributed by atoms with Crippen molar-refractivity contribution in [1.29, 1.82) is 0 Å². The molecule has 0 aliphatic carbocycles. The minimum Gasteiger partial charge on any atom is -0.320 e. The molecule has 0 spiro atoms. The van der Waals surface area contributed by atoms with Crippen LogP contribution < -0.4 is 16.2 Å². The number of nitrogens with zero attached hydrogens (tertiary/aromatic N) is 4. The van der Waals surface area contributed by atoms with Gasteiger partial charge >= 0.3 is 0 Å². The van der Waals surface area contributed by atoms with Gasteiger partial charge in [-0.2, -0.15) is 5.10 Å². The van der Waals surface area contributed by atoms with E-state index in [1.165, 1.54) is 25.3 Å². The molecular weight excluding hydrogens is 382 g/mol.